The van der Waals surface area contributed by atoms with Crippen molar-refractivity contribution in [2.75, 3.05) is 32.4 Å². The molecule has 0 saturated carbocycles. The van der Waals surface area contributed by atoms with Gasteiger partial charge >= 0.3 is 0 Å². The molecule has 0 unspecified atom stereocenters. The van der Waals surface area contributed by atoms with Crippen LogP contribution in [0.4, 0.5) is 0 Å². The van der Waals surface area contributed by atoms with E-state index in [1.807, 2.05) is 4.90 Å². The number of sulfone groups is 1. The van der Waals surface area contributed by atoms with Gasteiger partial charge in [0.2, 0.25) is 0 Å². The molecule has 1 aromatic carbocycles. The molecule has 1 amide bonds. The van der Waals surface area contributed by atoms with Crippen LogP contribution in [0.1, 0.15) is 15.9 Å². The molecule has 22 heavy (non-hydrogen) atoms. The van der Waals surface area contributed by atoms with Crippen LogP contribution in [-0.2, 0) is 9.84 Å². The van der Waals surface area contributed by atoms with E-state index in [2.05, 4.69) is 5.32 Å². The Morgan fingerprint density at radius 2 is 1.82 bits per heavy atom. The van der Waals surface area contributed by atoms with Crippen molar-refractivity contribution in [1.82, 2.24) is 10.2 Å². The second kappa shape index (κ2) is 6.18. The average Bonchev–Trinajstić information content (AvgIpc) is 2.97. The summed E-state index contributed by atoms with van der Waals surface area (Å²) in [4.78, 5) is 14.7. The summed E-state index contributed by atoms with van der Waals surface area (Å²) in [6, 6.07) is 4.94. The molecule has 2 saturated heterocycles. The molecular formula is C15H21ClN2O3S. The first kappa shape index (κ1) is 17.2. The van der Waals surface area contributed by atoms with Gasteiger partial charge < -0.3 is 10.2 Å². The van der Waals surface area contributed by atoms with Crippen LogP contribution < -0.4 is 5.32 Å². The molecule has 7 heteroatoms. The molecule has 0 aliphatic carbocycles. The van der Waals surface area contributed by atoms with E-state index in [-0.39, 0.29) is 23.2 Å². The van der Waals surface area contributed by atoms with Gasteiger partial charge in [-0.25, -0.2) is 8.42 Å². The fourth-order valence-electron chi connectivity index (χ4n) is 3.34. The van der Waals surface area contributed by atoms with E-state index in [4.69, 9.17) is 0 Å². The van der Waals surface area contributed by atoms with Gasteiger partial charge in [-0.3, -0.25) is 4.79 Å². The van der Waals surface area contributed by atoms with E-state index in [1.165, 1.54) is 12.3 Å². The van der Waals surface area contributed by atoms with Gasteiger partial charge in [0.05, 0.1) is 4.90 Å². The Bertz CT molecular complexity index is 678. The maximum atomic E-state index is 12.6. The van der Waals surface area contributed by atoms with Crippen LogP contribution in [0.15, 0.2) is 23.1 Å². The van der Waals surface area contributed by atoms with Gasteiger partial charge in [-0.2, -0.15) is 0 Å². The normalized spacial score (nSPS) is 24.0. The van der Waals surface area contributed by atoms with Gasteiger partial charge in [0.1, 0.15) is 0 Å². The van der Waals surface area contributed by atoms with Gasteiger partial charge in [0, 0.05) is 38.0 Å². The molecule has 122 valence electrons. The summed E-state index contributed by atoms with van der Waals surface area (Å²) >= 11 is 0. The van der Waals surface area contributed by atoms with Crippen molar-refractivity contribution in [2.24, 2.45) is 11.8 Å². The van der Waals surface area contributed by atoms with Gasteiger partial charge in [-0.05, 0) is 36.5 Å². The number of aryl methyl sites for hydroxylation is 1. The highest BCUT2D eigenvalue weighted by molar-refractivity contribution is 7.90. The number of nitrogens with one attached hydrogen (secondary N) is 1. The van der Waals surface area contributed by atoms with Crippen LogP contribution in [0.25, 0.3) is 0 Å². The quantitative estimate of drug-likeness (QED) is 0.872. The van der Waals surface area contributed by atoms with Crippen LogP contribution >= 0.6 is 12.4 Å². The zero-order valence-electron chi connectivity index (χ0n) is 12.7. The molecule has 2 fully saturated rings. The fourth-order valence-corrected chi connectivity index (χ4v) is 4.33. The molecule has 2 heterocycles. The van der Waals surface area contributed by atoms with Crippen molar-refractivity contribution in [3.63, 3.8) is 0 Å². The van der Waals surface area contributed by atoms with Crippen molar-refractivity contribution in [2.45, 2.75) is 11.8 Å². The summed E-state index contributed by atoms with van der Waals surface area (Å²) in [5.41, 5.74) is 1.14. The summed E-state index contributed by atoms with van der Waals surface area (Å²) in [6.07, 6.45) is 1.18. The van der Waals surface area contributed by atoms with Gasteiger partial charge in [-0.1, -0.05) is 6.07 Å². The van der Waals surface area contributed by atoms with Crippen molar-refractivity contribution in [3.8, 4) is 0 Å². The van der Waals surface area contributed by atoms with Crippen LogP contribution in [0, 0.1) is 18.8 Å². The standard InChI is InChI=1S/C15H20N2O3S.ClH/c1-10-3-4-11(5-14(10)21(2,19)20)15(18)17-8-12-6-16-7-13(12)9-17;/h3-5,12-13,16H,6-9H2,1-2H3;1H/t12-,13+;. The smallest absolute Gasteiger partial charge is 0.253 e. The van der Waals surface area contributed by atoms with Crippen molar-refractivity contribution >= 4 is 28.2 Å². The lowest BCUT2D eigenvalue weighted by Crippen LogP contribution is -2.32. The van der Waals surface area contributed by atoms with Crippen molar-refractivity contribution in [3.05, 3.63) is 29.3 Å². The van der Waals surface area contributed by atoms with E-state index >= 15 is 0 Å². The Hall–Kier alpha value is -1.11. The molecular weight excluding hydrogens is 324 g/mol. The van der Waals surface area contributed by atoms with Crippen molar-refractivity contribution < 1.29 is 13.2 Å². The van der Waals surface area contributed by atoms with E-state index < -0.39 is 9.84 Å². The van der Waals surface area contributed by atoms with E-state index in [9.17, 15) is 13.2 Å². The minimum Gasteiger partial charge on any atom is -0.338 e. The third-order valence-electron chi connectivity index (χ3n) is 4.51. The minimum atomic E-state index is -3.31. The zero-order valence-corrected chi connectivity index (χ0v) is 14.3. The van der Waals surface area contributed by atoms with Crippen LogP contribution in [0.5, 0.6) is 0 Å². The van der Waals surface area contributed by atoms with Gasteiger partial charge in [-0.15, -0.1) is 12.4 Å². The molecule has 1 aromatic rings. The second-order valence-electron chi connectivity index (χ2n) is 6.14. The van der Waals surface area contributed by atoms with E-state index in [0.29, 0.717) is 23.0 Å². The molecule has 1 N–H and O–H groups in total. The number of nitrogens with zero attached hydrogens (tertiary/aromatic N) is 1. The predicted molar refractivity (Wildman–Crippen MR) is 87.3 cm³/mol. The number of rotatable bonds is 2. The highest BCUT2D eigenvalue weighted by Gasteiger charge is 2.38. The summed E-state index contributed by atoms with van der Waals surface area (Å²) in [6.45, 7) is 5.21. The molecule has 2 aliphatic rings. The van der Waals surface area contributed by atoms with E-state index in [0.717, 1.165) is 26.2 Å². The lowest BCUT2D eigenvalue weighted by atomic mass is 10.0. The largest absolute Gasteiger partial charge is 0.338 e. The van der Waals surface area contributed by atoms with Crippen LogP contribution in [0.2, 0.25) is 0 Å². The number of carbonyl (C=O) groups excluding carboxylic acids is 1. The number of amides is 1. The van der Waals surface area contributed by atoms with Crippen molar-refractivity contribution in [1.29, 1.82) is 0 Å². The first-order valence-electron chi connectivity index (χ1n) is 7.17. The summed E-state index contributed by atoms with van der Waals surface area (Å²) in [5.74, 6) is 1.01. The summed E-state index contributed by atoms with van der Waals surface area (Å²) in [5, 5.41) is 3.34. The lowest BCUT2D eigenvalue weighted by molar-refractivity contribution is 0.0781. The van der Waals surface area contributed by atoms with E-state index in [1.54, 1.807) is 19.1 Å². The Labute approximate surface area is 137 Å². The highest BCUT2D eigenvalue weighted by Crippen LogP contribution is 2.28. The first-order chi connectivity index (χ1) is 9.86. The fraction of sp³-hybridized carbons (Fsp3) is 0.533. The second-order valence-corrected chi connectivity index (χ2v) is 8.13. The third-order valence-corrected chi connectivity index (χ3v) is 5.75. The number of likely N-dealkylation sites (tertiary alicyclic amines) is 1. The maximum Gasteiger partial charge on any atom is 0.253 e. The summed E-state index contributed by atoms with van der Waals surface area (Å²) in [7, 11) is -3.31. The Morgan fingerprint density at radius 3 is 2.36 bits per heavy atom. The van der Waals surface area contributed by atoms with Crippen LogP contribution in [-0.4, -0.2) is 51.7 Å². The third kappa shape index (κ3) is 3.14. The Kier molecular flexibility index (Phi) is 4.84. The number of hydrogen-bond donors (Lipinski definition) is 1. The predicted octanol–water partition coefficient (Wildman–Crippen LogP) is 1.11. The maximum absolute atomic E-state index is 12.6. The molecule has 0 aromatic heterocycles. The molecule has 2 atom stereocenters. The minimum absolute atomic E-state index is 0. The number of carbonyl (C=O) groups is 1. The lowest BCUT2D eigenvalue weighted by Gasteiger charge is -2.18. The Morgan fingerprint density at radius 1 is 1.23 bits per heavy atom. The number of halogens is 1. The summed E-state index contributed by atoms with van der Waals surface area (Å²) < 4.78 is 23.6. The molecule has 3 rings (SSSR count). The molecule has 5 nitrogen and oxygen atoms in total. The van der Waals surface area contributed by atoms with Crippen LogP contribution in [0.3, 0.4) is 0 Å². The molecule has 0 radical (unpaired) electrons. The topological polar surface area (TPSA) is 66.5 Å². The molecule has 0 spiro atoms. The zero-order chi connectivity index (χ0) is 15.2. The highest BCUT2D eigenvalue weighted by atomic mass is 35.5. The molecule has 0 bridgehead atoms. The van der Waals surface area contributed by atoms with Gasteiger partial charge in [0.15, 0.2) is 9.84 Å². The van der Waals surface area contributed by atoms with Gasteiger partial charge in [0.25, 0.3) is 5.91 Å². The monoisotopic (exact) mass is 344 g/mol. The Balaban J connectivity index is 0.00000176. The molecule has 2 aliphatic heterocycles. The SMILES string of the molecule is Cc1ccc(C(=O)N2C[C@H]3CNC[C@H]3C2)cc1S(C)(=O)=O.Cl. The number of fused-ring (bicyclic) bond motifs is 1. The number of hydrogen-bond acceptors (Lipinski definition) is 4. The average molecular weight is 345 g/mol. The number of benzene rings is 1. The first-order valence-corrected chi connectivity index (χ1v) is 9.06.